The summed E-state index contributed by atoms with van der Waals surface area (Å²) in [4.78, 5) is 20.3. The highest BCUT2D eigenvalue weighted by atomic mass is 35.5. The first-order chi connectivity index (χ1) is 9.85. The number of aromatic nitrogens is 2. The van der Waals surface area contributed by atoms with Crippen LogP contribution >= 0.6 is 11.6 Å². The summed E-state index contributed by atoms with van der Waals surface area (Å²) in [6.07, 6.45) is 1.36. The van der Waals surface area contributed by atoms with E-state index < -0.39 is 0 Å². The minimum Gasteiger partial charge on any atom is -0.365 e. The van der Waals surface area contributed by atoms with Gasteiger partial charge in [0.25, 0.3) is 5.91 Å². The van der Waals surface area contributed by atoms with E-state index in [2.05, 4.69) is 20.6 Å². The van der Waals surface area contributed by atoms with Crippen molar-refractivity contribution in [3.63, 3.8) is 0 Å². The van der Waals surface area contributed by atoms with Gasteiger partial charge in [-0.05, 0) is 32.9 Å². The van der Waals surface area contributed by atoms with Crippen molar-refractivity contribution in [3.8, 4) is 0 Å². The fraction of sp³-hybridized carbons (Fsp3) is 0.267. The zero-order valence-corrected chi connectivity index (χ0v) is 12.9. The van der Waals surface area contributed by atoms with E-state index in [9.17, 15) is 4.79 Å². The Hall–Kier alpha value is -2.14. The van der Waals surface area contributed by atoms with Gasteiger partial charge in [-0.2, -0.15) is 0 Å². The van der Waals surface area contributed by atoms with Crippen molar-refractivity contribution >= 4 is 29.0 Å². The number of benzene rings is 1. The van der Waals surface area contributed by atoms with E-state index in [0.717, 1.165) is 0 Å². The van der Waals surface area contributed by atoms with Gasteiger partial charge in [0.15, 0.2) is 0 Å². The van der Waals surface area contributed by atoms with Crippen molar-refractivity contribution in [2.45, 2.75) is 26.3 Å². The molecular weight excluding hydrogens is 288 g/mol. The maximum atomic E-state index is 12.2. The van der Waals surface area contributed by atoms with Crippen LogP contribution in [0.3, 0.4) is 0 Å². The summed E-state index contributed by atoms with van der Waals surface area (Å²) in [6, 6.07) is 8.65. The Balaban J connectivity index is 2.16. The summed E-state index contributed by atoms with van der Waals surface area (Å²) in [5, 5.41) is 6.40. The van der Waals surface area contributed by atoms with Gasteiger partial charge in [0.05, 0.1) is 10.7 Å². The summed E-state index contributed by atoms with van der Waals surface area (Å²) in [5.41, 5.74) is 0.676. The van der Waals surface area contributed by atoms with E-state index in [4.69, 9.17) is 11.6 Å². The molecule has 110 valence electrons. The van der Waals surface area contributed by atoms with Gasteiger partial charge in [0.2, 0.25) is 0 Å². The van der Waals surface area contributed by atoms with Crippen molar-refractivity contribution in [3.05, 3.63) is 47.4 Å². The highest BCUT2D eigenvalue weighted by Crippen LogP contribution is 2.21. The largest absolute Gasteiger partial charge is 0.365 e. The number of hydrogen-bond donors (Lipinski definition) is 2. The van der Waals surface area contributed by atoms with E-state index in [1.165, 1.54) is 6.33 Å². The number of nitrogens with zero attached hydrogens (tertiary/aromatic N) is 2. The highest BCUT2D eigenvalue weighted by molar-refractivity contribution is 6.33. The van der Waals surface area contributed by atoms with E-state index in [0.29, 0.717) is 16.5 Å². The van der Waals surface area contributed by atoms with Gasteiger partial charge in [-0.15, -0.1) is 0 Å². The first kappa shape index (κ1) is 15.3. The lowest BCUT2D eigenvalue weighted by molar-refractivity contribution is 0.102. The zero-order chi connectivity index (χ0) is 15.5. The van der Waals surface area contributed by atoms with Crippen molar-refractivity contribution in [1.82, 2.24) is 9.97 Å². The van der Waals surface area contributed by atoms with Crippen LogP contribution in [0.25, 0.3) is 0 Å². The molecule has 0 atom stereocenters. The molecule has 0 radical (unpaired) electrons. The number of carbonyl (C=O) groups is 1. The predicted molar refractivity (Wildman–Crippen MR) is 84.8 cm³/mol. The van der Waals surface area contributed by atoms with E-state index >= 15 is 0 Å². The summed E-state index contributed by atoms with van der Waals surface area (Å²) in [5.74, 6) is 0.268. The molecule has 2 rings (SSSR count). The number of carbonyl (C=O) groups excluding carboxylic acids is 1. The van der Waals surface area contributed by atoms with Crippen LogP contribution in [0.15, 0.2) is 36.7 Å². The van der Waals surface area contributed by atoms with Crippen molar-refractivity contribution in [2.24, 2.45) is 0 Å². The monoisotopic (exact) mass is 304 g/mol. The van der Waals surface area contributed by atoms with E-state index in [1.54, 1.807) is 30.3 Å². The van der Waals surface area contributed by atoms with Gasteiger partial charge in [-0.1, -0.05) is 23.7 Å². The van der Waals surface area contributed by atoms with Crippen LogP contribution in [0.1, 0.15) is 31.3 Å². The number of rotatable bonds is 3. The van der Waals surface area contributed by atoms with E-state index in [1.807, 2.05) is 20.8 Å². The van der Waals surface area contributed by atoms with Gasteiger partial charge in [-0.3, -0.25) is 4.79 Å². The molecule has 1 aromatic heterocycles. The Labute approximate surface area is 128 Å². The van der Waals surface area contributed by atoms with Gasteiger partial charge in [0.1, 0.15) is 17.8 Å². The fourth-order valence-corrected chi connectivity index (χ4v) is 1.87. The molecule has 1 heterocycles. The topological polar surface area (TPSA) is 66.9 Å². The lowest BCUT2D eigenvalue weighted by Crippen LogP contribution is -2.27. The number of hydrogen-bond acceptors (Lipinski definition) is 4. The minimum absolute atomic E-state index is 0.148. The second kappa shape index (κ2) is 6.10. The van der Waals surface area contributed by atoms with Crippen LogP contribution in [0.2, 0.25) is 5.02 Å². The van der Waals surface area contributed by atoms with Crippen LogP contribution in [-0.4, -0.2) is 21.4 Å². The third-order valence-electron chi connectivity index (χ3n) is 2.52. The lowest BCUT2D eigenvalue weighted by Gasteiger charge is -2.21. The van der Waals surface area contributed by atoms with Crippen LogP contribution in [0, 0.1) is 0 Å². The standard InChI is InChI=1S/C15H17ClN4O/c1-15(2,3)20-13-8-12(17-9-18-13)14(21)19-11-7-5-4-6-10(11)16/h4-9H,1-3H3,(H,19,21)(H,17,18,20). The molecule has 2 aromatic rings. The second-order valence-electron chi connectivity index (χ2n) is 5.60. The van der Waals surface area contributed by atoms with Gasteiger partial charge in [-0.25, -0.2) is 9.97 Å². The van der Waals surface area contributed by atoms with Gasteiger partial charge >= 0.3 is 0 Å². The Morgan fingerprint density at radius 2 is 1.90 bits per heavy atom. The normalized spacial score (nSPS) is 11.0. The van der Waals surface area contributed by atoms with Crippen molar-refractivity contribution in [2.75, 3.05) is 10.6 Å². The molecule has 0 aliphatic rings. The third kappa shape index (κ3) is 4.43. The predicted octanol–water partition coefficient (Wildman–Crippen LogP) is 3.59. The molecule has 0 unspecified atom stereocenters. The number of halogens is 1. The number of nitrogens with one attached hydrogen (secondary N) is 2. The lowest BCUT2D eigenvalue weighted by atomic mass is 10.1. The summed E-state index contributed by atoms with van der Waals surface area (Å²) < 4.78 is 0. The van der Waals surface area contributed by atoms with E-state index in [-0.39, 0.29) is 17.1 Å². The van der Waals surface area contributed by atoms with Gasteiger partial charge < -0.3 is 10.6 Å². The first-order valence-corrected chi connectivity index (χ1v) is 6.89. The summed E-state index contributed by atoms with van der Waals surface area (Å²) >= 11 is 6.01. The number of para-hydroxylation sites is 1. The summed E-state index contributed by atoms with van der Waals surface area (Å²) in [6.45, 7) is 6.04. The van der Waals surface area contributed by atoms with Crippen molar-refractivity contribution in [1.29, 1.82) is 0 Å². The molecular formula is C15H17ClN4O. The third-order valence-corrected chi connectivity index (χ3v) is 2.85. The smallest absolute Gasteiger partial charge is 0.274 e. The minimum atomic E-state index is -0.331. The zero-order valence-electron chi connectivity index (χ0n) is 12.1. The fourth-order valence-electron chi connectivity index (χ4n) is 1.68. The van der Waals surface area contributed by atoms with Gasteiger partial charge in [0, 0.05) is 11.6 Å². The molecule has 0 saturated carbocycles. The molecule has 0 aliphatic heterocycles. The quantitative estimate of drug-likeness (QED) is 0.909. The first-order valence-electron chi connectivity index (χ1n) is 6.51. The second-order valence-corrected chi connectivity index (χ2v) is 6.00. The number of anilines is 2. The Morgan fingerprint density at radius 1 is 1.19 bits per heavy atom. The van der Waals surface area contributed by atoms with Crippen LogP contribution in [0.4, 0.5) is 11.5 Å². The molecule has 2 N–H and O–H groups in total. The van der Waals surface area contributed by atoms with Crippen LogP contribution in [0.5, 0.6) is 0 Å². The maximum absolute atomic E-state index is 12.2. The van der Waals surface area contributed by atoms with Crippen LogP contribution < -0.4 is 10.6 Å². The molecule has 1 aromatic carbocycles. The Kier molecular flexibility index (Phi) is 4.43. The highest BCUT2D eigenvalue weighted by Gasteiger charge is 2.14. The molecule has 21 heavy (non-hydrogen) atoms. The Bertz CT molecular complexity index is 652. The molecule has 1 amide bonds. The average Bonchev–Trinajstić information content (AvgIpc) is 2.39. The SMILES string of the molecule is CC(C)(C)Nc1cc(C(=O)Nc2ccccc2Cl)ncn1. The molecule has 0 saturated heterocycles. The summed E-state index contributed by atoms with van der Waals surface area (Å²) in [7, 11) is 0. The molecule has 5 nitrogen and oxygen atoms in total. The molecule has 0 fully saturated rings. The molecule has 0 aliphatic carbocycles. The van der Waals surface area contributed by atoms with Crippen molar-refractivity contribution < 1.29 is 4.79 Å². The number of amides is 1. The molecule has 6 heteroatoms. The molecule has 0 bridgehead atoms. The Morgan fingerprint density at radius 3 is 2.57 bits per heavy atom. The molecule has 0 spiro atoms. The average molecular weight is 305 g/mol. The van der Waals surface area contributed by atoms with Crippen LogP contribution in [-0.2, 0) is 0 Å². The maximum Gasteiger partial charge on any atom is 0.274 e.